The molecule has 2 aromatic carbocycles. The van der Waals surface area contributed by atoms with Gasteiger partial charge in [-0.2, -0.15) is 0 Å². The molecule has 1 aromatic heterocycles. The zero-order chi connectivity index (χ0) is 22.0. The molecule has 0 bridgehead atoms. The van der Waals surface area contributed by atoms with E-state index in [1.807, 2.05) is 22.8 Å². The molecule has 5 heteroatoms. The summed E-state index contributed by atoms with van der Waals surface area (Å²) in [6.45, 7) is 4.77. The van der Waals surface area contributed by atoms with E-state index in [1.165, 1.54) is 11.1 Å². The normalized spacial score (nSPS) is 26.0. The Balaban J connectivity index is 1.56. The van der Waals surface area contributed by atoms with Crippen LogP contribution in [0.1, 0.15) is 60.9 Å². The number of benzene rings is 2. The number of rotatable bonds is 2. The topological polar surface area (TPSA) is 56.4 Å². The van der Waals surface area contributed by atoms with Crippen LogP contribution in [0.15, 0.2) is 48.5 Å². The average molecular weight is 428 g/mol. The first-order valence-corrected chi connectivity index (χ1v) is 11.8. The van der Waals surface area contributed by atoms with E-state index < -0.39 is 5.54 Å². The van der Waals surface area contributed by atoms with Gasteiger partial charge in [0.15, 0.2) is 5.54 Å². The van der Waals surface area contributed by atoms with Crippen molar-refractivity contribution in [2.24, 2.45) is 0 Å². The van der Waals surface area contributed by atoms with Gasteiger partial charge in [-0.25, -0.2) is 0 Å². The summed E-state index contributed by atoms with van der Waals surface area (Å²) in [6, 6.07) is 17.0. The van der Waals surface area contributed by atoms with E-state index in [0.29, 0.717) is 6.54 Å². The molecule has 2 atom stereocenters. The number of hydrogen-bond donors (Lipinski definition) is 1. The molecule has 164 valence electrons. The second-order valence-electron chi connectivity index (χ2n) is 9.87. The van der Waals surface area contributed by atoms with Gasteiger partial charge in [-0.15, -0.1) is 0 Å². The highest BCUT2D eigenvalue weighted by molar-refractivity contribution is 6.01. The van der Waals surface area contributed by atoms with Gasteiger partial charge in [-0.1, -0.05) is 60.9 Å². The van der Waals surface area contributed by atoms with Crippen molar-refractivity contribution in [3.05, 3.63) is 70.9 Å². The monoisotopic (exact) mass is 427 g/mol. The third kappa shape index (κ3) is 2.63. The maximum Gasteiger partial charge on any atom is 0.255 e. The largest absolute Gasteiger partial charge is 0.356 e. The van der Waals surface area contributed by atoms with Crippen LogP contribution in [0, 0.1) is 6.92 Å². The van der Waals surface area contributed by atoms with Gasteiger partial charge in [0.05, 0.1) is 5.69 Å². The number of aromatic amines is 1. The lowest BCUT2D eigenvalue weighted by molar-refractivity contribution is -0.168. The zero-order valence-electron chi connectivity index (χ0n) is 18.7. The number of piperazine rings is 1. The van der Waals surface area contributed by atoms with Crippen LogP contribution in [0.25, 0.3) is 10.9 Å². The summed E-state index contributed by atoms with van der Waals surface area (Å²) < 4.78 is 0. The molecular formula is C27H29N3O2. The minimum atomic E-state index is -0.993. The predicted octanol–water partition coefficient (Wildman–Crippen LogP) is 4.45. The molecule has 1 saturated heterocycles. The van der Waals surface area contributed by atoms with Crippen molar-refractivity contribution < 1.29 is 9.59 Å². The predicted molar refractivity (Wildman–Crippen MR) is 124 cm³/mol. The number of nitrogens with one attached hydrogen (secondary N) is 1. The minimum absolute atomic E-state index is 0.0320. The van der Waals surface area contributed by atoms with Crippen molar-refractivity contribution in [1.82, 2.24) is 14.8 Å². The fourth-order valence-electron chi connectivity index (χ4n) is 6.24. The lowest BCUT2D eigenvalue weighted by Crippen LogP contribution is -2.68. The summed E-state index contributed by atoms with van der Waals surface area (Å²) in [4.78, 5) is 34.9. The Morgan fingerprint density at radius 1 is 1.00 bits per heavy atom. The molecule has 1 aliphatic carbocycles. The molecule has 3 aliphatic rings. The van der Waals surface area contributed by atoms with Gasteiger partial charge in [0.2, 0.25) is 5.91 Å². The van der Waals surface area contributed by atoms with E-state index in [1.54, 1.807) is 0 Å². The number of aromatic nitrogens is 1. The van der Waals surface area contributed by atoms with Gasteiger partial charge in [-0.05, 0) is 43.9 Å². The molecule has 6 rings (SSSR count). The van der Waals surface area contributed by atoms with E-state index in [-0.39, 0.29) is 30.3 Å². The fourth-order valence-corrected chi connectivity index (χ4v) is 6.24. The number of H-pyrrole nitrogens is 1. The van der Waals surface area contributed by atoms with Gasteiger partial charge in [0, 0.05) is 29.4 Å². The first-order valence-electron chi connectivity index (χ1n) is 11.8. The molecule has 32 heavy (non-hydrogen) atoms. The molecule has 2 fully saturated rings. The van der Waals surface area contributed by atoms with Crippen molar-refractivity contribution in [2.45, 2.75) is 57.0 Å². The van der Waals surface area contributed by atoms with Crippen molar-refractivity contribution in [2.75, 3.05) is 13.1 Å². The quantitative estimate of drug-likeness (QED) is 0.657. The number of carbonyl (C=O) groups is 2. The van der Waals surface area contributed by atoms with Gasteiger partial charge < -0.3 is 14.8 Å². The first-order chi connectivity index (χ1) is 15.5. The SMILES string of the molecule is Cc1ccc([C@@H]2CN3C(=O)CN(C4CCCC4)C(=O)[C@]3(C)c3[nH]c4ccccc4c32)cc1. The lowest BCUT2D eigenvalue weighted by Gasteiger charge is -2.52. The Kier molecular flexibility index (Phi) is 4.26. The summed E-state index contributed by atoms with van der Waals surface area (Å²) in [5, 5.41) is 1.15. The van der Waals surface area contributed by atoms with Crippen LogP contribution in [-0.4, -0.2) is 45.7 Å². The summed E-state index contributed by atoms with van der Waals surface area (Å²) >= 11 is 0. The van der Waals surface area contributed by atoms with Crippen LogP contribution >= 0.6 is 0 Å². The first kappa shape index (κ1) is 19.6. The molecule has 2 aliphatic heterocycles. The second kappa shape index (κ2) is 6.96. The Labute approximate surface area is 188 Å². The highest BCUT2D eigenvalue weighted by Crippen LogP contribution is 2.48. The summed E-state index contributed by atoms with van der Waals surface area (Å²) in [6.07, 6.45) is 4.27. The van der Waals surface area contributed by atoms with Crippen LogP contribution in [0.5, 0.6) is 0 Å². The minimum Gasteiger partial charge on any atom is -0.356 e. The van der Waals surface area contributed by atoms with Gasteiger partial charge in [-0.3, -0.25) is 9.59 Å². The summed E-state index contributed by atoms with van der Waals surface area (Å²) in [5.74, 6) is 0.157. The van der Waals surface area contributed by atoms with E-state index in [9.17, 15) is 9.59 Å². The fraction of sp³-hybridized carbons (Fsp3) is 0.407. The highest BCUT2D eigenvalue weighted by Gasteiger charge is 2.57. The molecule has 1 N–H and O–H groups in total. The number of para-hydroxylation sites is 1. The summed E-state index contributed by atoms with van der Waals surface area (Å²) in [7, 11) is 0. The number of carbonyl (C=O) groups excluding carboxylic acids is 2. The Morgan fingerprint density at radius 2 is 1.72 bits per heavy atom. The van der Waals surface area contributed by atoms with Crippen LogP contribution < -0.4 is 0 Å². The van der Waals surface area contributed by atoms with Crippen molar-refractivity contribution in [3.8, 4) is 0 Å². The van der Waals surface area contributed by atoms with Gasteiger partial charge >= 0.3 is 0 Å². The van der Waals surface area contributed by atoms with E-state index in [4.69, 9.17) is 0 Å². The second-order valence-corrected chi connectivity index (χ2v) is 9.87. The van der Waals surface area contributed by atoms with Crippen LogP contribution in [0.4, 0.5) is 0 Å². The molecular weight excluding hydrogens is 398 g/mol. The number of fused-ring (bicyclic) bond motifs is 5. The molecule has 5 nitrogen and oxygen atoms in total. The van der Waals surface area contributed by atoms with Crippen LogP contribution in [-0.2, 0) is 15.1 Å². The van der Waals surface area contributed by atoms with Crippen molar-refractivity contribution in [1.29, 1.82) is 0 Å². The van der Waals surface area contributed by atoms with E-state index in [2.05, 4.69) is 54.4 Å². The van der Waals surface area contributed by atoms with Crippen molar-refractivity contribution >= 4 is 22.7 Å². The van der Waals surface area contributed by atoms with E-state index in [0.717, 1.165) is 47.8 Å². The average Bonchev–Trinajstić information content (AvgIpc) is 3.46. The maximum atomic E-state index is 14.1. The lowest BCUT2D eigenvalue weighted by atomic mass is 9.76. The standard InChI is InChI=1S/C27H29N3O2/c1-17-11-13-18(14-12-17)21-15-30-23(31)16-29(19-7-3-4-8-19)26(32)27(30,2)25-24(21)20-9-5-6-10-22(20)28-25/h5-6,9-14,19,21,28H,3-4,7-8,15-16H2,1-2H3/t21-,27-/m0/s1. The Morgan fingerprint density at radius 3 is 2.47 bits per heavy atom. The maximum absolute atomic E-state index is 14.1. The Bertz CT molecular complexity index is 1220. The molecule has 3 heterocycles. The number of nitrogens with zero attached hydrogens (tertiary/aromatic N) is 2. The van der Waals surface area contributed by atoms with Crippen molar-refractivity contribution in [3.63, 3.8) is 0 Å². The zero-order valence-corrected chi connectivity index (χ0v) is 18.7. The molecule has 0 radical (unpaired) electrons. The van der Waals surface area contributed by atoms with Crippen LogP contribution in [0.3, 0.4) is 0 Å². The van der Waals surface area contributed by atoms with Gasteiger partial charge in [0.1, 0.15) is 6.54 Å². The summed E-state index contributed by atoms with van der Waals surface area (Å²) in [5.41, 5.74) is 4.48. The molecule has 0 unspecified atom stereocenters. The molecule has 1 saturated carbocycles. The van der Waals surface area contributed by atoms with E-state index >= 15 is 0 Å². The number of hydrogen-bond acceptors (Lipinski definition) is 2. The van der Waals surface area contributed by atoms with Gasteiger partial charge in [0.25, 0.3) is 5.91 Å². The third-order valence-corrected chi connectivity index (χ3v) is 8.02. The third-order valence-electron chi connectivity index (χ3n) is 8.02. The molecule has 2 amide bonds. The smallest absolute Gasteiger partial charge is 0.255 e. The Hall–Kier alpha value is -3.08. The molecule has 0 spiro atoms. The molecule has 3 aromatic rings. The highest BCUT2D eigenvalue weighted by atomic mass is 16.2. The van der Waals surface area contributed by atoms with Crippen LogP contribution in [0.2, 0.25) is 0 Å². The number of aryl methyl sites for hydroxylation is 1. The number of amides is 2.